The maximum Gasteiger partial charge on any atom is 0.283 e. The largest absolute Gasteiger partial charge is 0.456 e. The molecule has 3 rings (SSSR count). The van der Waals surface area contributed by atoms with Crippen LogP contribution in [0.5, 0.6) is 0 Å². The second-order valence-corrected chi connectivity index (χ2v) is 7.00. The molecule has 0 aliphatic carbocycles. The van der Waals surface area contributed by atoms with E-state index in [1.54, 1.807) is 0 Å². The molecular formula is C20H18F3N5O2. The highest BCUT2D eigenvalue weighted by atomic mass is 19.3. The van der Waals surface area contributed by atoms with Crippen LogP contribution in [0.1, 0.15) is 35.5 Å². The number of aromatic nitrogens is 1. The number of nitriles is 1. The van der Waals surface area contributed by atoms with Gasteiger partial charge in [0.2, 0.25) is 0 Å². The Morgan fingerprint density at radius 1 is 1.37 bits per heavy atom. The van der Waals surface area contributed by atoms with Crippen LogP contribution in [0.2, 0.25) is 0 Å². The van der Waals surface area contributed by atoms with E-state index in [4.69, 9.17) is 15.7 Å². The number of nitrogens with zero attached hydrogens (tertiary/aromatic N) is 3. The van der Waals surface area contributed by atoms with Crippen LogP contribution < -0.4 is 11.1 Å². The number of nitrogens with one attached hydrogen (secondary N) is 1. The molecule has 1 aliphatic heterocycles. The number of pyridine rings is 1. The molecule has 0 spiro atoms. The van der Waals surface area contributed by atoms with Gasteiger partial charge in [0.1, 0.15) is 17.6 Å². The molecule has 1 aliphatic rings. The summed E-state index contributed by atoms with van der Waals surface area (Å²) in [6.45, 7) is 2.95. The number of aliphatic imine (C=N–C) groups is 1. The maximum atomic E-state index is 14.7. The van der Waals surface area contributed by atoms with Gasteiger partial charge in [-0.15, -0.1) is 0 Å². The molecule has 10 heteroatoms. The monoisotopic (exact) mass is 417 g/mol. The zero-order chi connectivity index (χ0) is 22.1. The fourth-order valence-corrected chi connectivity index (χ4v) is 3.27. The molecule has 7 nitrogen and oxygen atoms in total. The number of carbonyl (C=O) groups is 1. The minimum Gasteiger partial charge on any atom is -0.456 e. The van der Waals surface area contributed by atoms with Crippen LogP contribution in [0.25, 0.3) is 0 Å². The molecule has 0 radical (unpaired) electrons. The van der Waals surface area contributed by atoms with Crippen LogP contribution in [-0.4, -0.2) is 29.4 Å². The van der Waals surface area contributed by atoms with E-state index in [1.165, 1.54) is 44.3 Å². The minimum absolute atomic E-state index is 0.0162. The second-order valence-electron chi connectivity index (χ2n) is 7.00. The van der Waals surface area contributed by atoms with E-state index in [0.717, 1.165) is 6.07 Å². The molecule has 0 unspecified atom stereocenters. The number of carbonyl (C=O) groups excluding carboxylic acids is 1. The summed E-state index contributed by atoms with van der Waals surface area (Å²) in [6.07, 6.45) is -3.16. The molecule has 0 fully saturated rings. The molecule has 156 valence electrons. The molecule has 1 aromatic carbocycles. The first-order valence-corrected chi connectivity index (χ1v) is 8.93. The van der Waals surface area contributed by atoms with E-state index in [-0.39, 0.29) is 16.9 Å². The summed E-state index contributed by atoms with van der Waals surface area (Å²) < 4.78 is 46.4. The Labute approximate surface area is 170 Å². The first-order chi connectivity index (χ1) is 14.2. The highest BCUT2D eigenvalue weighted by Crippen LogP contribution is 2.42. The van der Waals surface area contributed by atoms with Crippen LogP contribution in [0.15, 0.2) is 41.5 Å². The van der Waals surface area contributed by atoms with Crippen LogP contribution in [0, 0.1) is 23.1 Å². The lowest BCUT2D eigenvalue weighted by Crippen LogP contribution is -2.49. The van der Waals surface area contributed by atoms with Gasteiger partial charge < -0.3 is 15.8 Å². The van der Waals surface area contributed by atoms with Crippen molar-refractivity contribution in [1.82, 2.24) is 4.98 Å². The minimum atomic E-state index is -2.85. The molecule has 0 saturated heterocycles. The lowest BCUT2D eigenvalue weighted by Gasteiger charge is -2.40. The molecule has 0 bridgehead atoms. The quantitative estimate of drug-likeness (QED) is 0.793. The SMILES string of the molecule is C[C@H]1[C@@H](C(F)F)OC(N)=N[C@]1(C)c1cc(NC(=O)c2ccc(C#N)cn2)ccc1F. The van der Waals surface area contributed by atoms with Crippen molar-refractivity contribution in [2.24, 2.45) is 16.6 Å². The van der Waals surface area contributed by atoms with Crippen molar-refractivity contribution in [3.8, 4) is 6.07 Å². The van der Waals surface area contributed by atoms with E-state index < -0.39 is 41.7 Å². The normalized spacial score (nSPS) is 23.3. The summed E-state index contributed by atoms with van der Waals surface area (Å²) in [5.74, 6) is -2.19. The molecule has 3 N–H and O–H groups in total. The number of benzene rings is 1. The number of rotatable bonds is 4. The highest BCUT2D eigenvalue weighted by Gasteiger charge is 2.47. The number of anilines is 1. The van der Waals surface area contributed by atoms with Gasteiger partial charge in [-0.3, -0.25) is 4.79 Å². The number of nitrogens with two attached hydrogens (primary N) is 1. The topological polar surface area (TPSA) is 113 Å². The number of amides is 1. The smallest absolute Gasteiger partial charge is 0.283 e. The van der Waals surface area contributed by atoms with E-state index in [9.17, 15) is 18.0 Å². The Hall–Kier alpha value is -3.61. The molecule has 2 aromatic rings. The lowest BCUT2D eigenvalue weighted by atomic mass is 9.77. The summed E-state index contributed by atoms with van der Waals surface area (Å²) in [6, 6.07) is 7.99. The molecule has 2 heterocycles. The number of hydrogen-bond acceptors (Lipinski definition) is 6. The lowest BCUT2D eigenvalue weighted by molar-refractivity contribution is -0.0573. The van der Waals surface area contributed by atoms with E-state index in [1.807, 2.05) is 6.07 Å². The predicted molar refractivity (Wildman–Crippen MR) is 102 cm³/mol. The molecule has 1 aromatic heterocycles. The van der Waals surface area contributed by atoms with Gasteiger partial charge in [0.05, 0.1) is 11.1 Å². The number of hydrogen-bond donors (Lipinski definition) is 2. The van der Waals surface area contributed by atoms with Crippen LogP contribution in [-0.2, 0) is 10.3 Å². The number of amidine groups is 1. The average Bonchev–Trinajstić information content (AvgIpc) is 2.71. The maximum absolute atomic E-state index is 14.7. The van der Waals surface area contributed by atoms with Crippen LogP contribution in [0.4, 0.5) is 18.9 Å². The molecule has 1 amide bonds. The van der Waals surface area contributed by atoms with Crippen molar-refractivity contribution >= 4 is 17.6 Å². The fourth-order valence-electron chi connectivity index (χ4n) is 3.27. The van der Waals surface area contributed by atoms with Crippen molar-refractivity contribution in [1.29, 1.82) is 5.26 Å². The van der Waals surface area contributed by atoms with Gasteiger partial charge in [0.25, 0.3) is 18.4 Å². The van der Waals surface area contributed by atoms with Crippen molar-refractivity contribution in [2.45, 2.75) is 31.9 Å². The first-order valence-electron chi connectivity index (χ1n) is 8.93. The van der Waals surface area contributed by atoms with Gasteiger partial charge in [-0.05, 0) is 37.3 Å². The summed E-state index contributed by atoms with van der Waals surface area (Å²) in [5.41, 5.74) is 4.67. The zero-order valence-electron chi connectivity index (χ0n) is 16.1. The van der Waals surface area contributed by atoms with Crippen LogP contribution in [0.3, 0.4) is 0 Å². The third-order valence-electron chi connectivity index (χ3n) is 5.12. The van der Waals surface area contributed by atoms with E-state index in [0.29, 0.717) is 5.56 Å². The van der Waals surface area contributed by atoms with Gasteiger partial charge in [-0.1, -0.05) is 6.92 Å². The third kappa shape index (κ3) is 3.91. The van der Waals surface area contributed by atoms with Gasteiger partial charge in [-0.2, -0.15) is 5.26 Å². The number of halogens is 3. The highest BCUT2D eigenvalue weighted by molar-refractivity contribution is 6.02. The van der Waals surface area contributed by atoms with Crippen molar-refractivity contribution in [3.05, 3.63) is 59.2 Å². The van der Waals surface area contributed by atoms with Crippen molar-refractivity contribution in [3.63, 3.8) is 0 Å². The third-order valence-corrected chi connectivity index (χ3v) is 5.12. The summed E-state index contributed by atoms with van der Waals surface area (Å²) >= 11 is 0. The molecule has 30 heavy (non-hydrogen) atoms. The Balaban J connectivity index is 1.94. The van der Waals surface area contributed by atoms with E-state index >= 15 is 0 Å². The van der Waals surface area contributed by atoms with Gasteiger partial charge in [-0.25, -0.2) is 23.1 Å². The van der Waals surface area contributed by atoms with Gasteiger partial charge in [0.15, 0.2) is 6.10 Å². The van der Waals surface area contributed by atoms with Crippen molar-refractivity contribution < 1.29 is 22.7 Å². The van der Waals surface area contributed by atoms with Crippen molar-refractivity contribution in [2.75, 3.05) is 5.32 Å². The number of ether oxygens (including phenoxy) is 1. The Bertz CT molecular complexity index is 1040. The Morgan fingerprint density at radius 2 is 2.10 bits per heavy atom. The predicted octanol–water partition coefficient (Wildman–Crippen LogP) is 3.17. The Morgan fingerprint density at radius 3 is 2.70 bits per heavy atom. The fraction of sp³-hybridized carbons (Fsp3) is 0.300. The summed E-state index contributed by atoms with van der Waals surface area (Å²) in [7, 11) is 0. The van der Waals surface area contributed by atoms with E-state index in [2.05, 4.69) is 15.3 Å². The standard InChI is InChI=1S/C20H18F3N5O2/c1-10-16(17(22)23)30-19(25)28-20(10,2)13-7-12(4-5-14(13)21)27-18(29)15-6-3-11(8-24)9-26-15/h3-7,9-10,16-17H,1-2H3,(H2,25,28)(H,27,29)/t10-,16-,20-/m0/s1. The summed E-state index contributed by atoms with van der Waals surface area (Å²) in [4.78, 5) is 20.4. The Kier molecular flexibility index (Phi) is 5.64. The molecule has 0 saturated carbocycles. The number of alkyl halides is 2. The zero-order valence-corrected chi connectivity index (χ0v) is 16.1. The average molecular weight is 417 g/mol. The molecule has 3 atom stereocenters. The van der Waals surface area contributed by atoms with Gasteiger partial charge in [0, 0.05) is 23.4 Å². The second kappa shape index (κ2) is 8.02. The summed E-state index contributed by atoms with van der Waals surface area (Å²) in [5, 5.41) is 11.4. The van der Waals surface area contributed by atoms with Crippen LogP contribution >= 0.6 is 0 Å². The first kappa shape index (κ1) is 21.1. The van der Waals surface area contributed by atoms with Gasteiger partial charge >= 0.3 is 0 Å². The molecular weight excluding hydrogens is 399 g/mol.